The van der Waals surface area contributed by atoms with Gasteiger partial charge in [0.2, 0.25) is 5.91 Å². The molecular formula is C21H34N4O. The zero-order valence-corrected chi connectivity index (χ0v) is 16.8. The summed E-state index contributed by atoms with van der Waals surface area (Å²) >= 11 is 0. The summed E-state index contributed by atoms with van der Waals surface area (Å²) in [5.41, 5.74) is 2.56. The van der Waals surface area contributed by atoms with E-state index in [2.05, 4.69) is 41.2 Å². The number of hydrogen-bond donors (Lipinski definition) is 1. The summed E-state index contributed by atoms with van der Waals surface area (Å²) in [6, 6.07) is 7.96. The van der Waals surface area contributed by atoms with Crippen molar-refractivity contribution in [1.29, 1.82) is 0 Å². The predicted molar refractivity (Wildman–Crippen MR) is 106 cm³/mol. The number of carbonyl (C=O) groups is 1. The van der Waals surface area contributed by atoms with Crippen LogP contribution in [0.5, 0.6) is 0 Å². The van der Waals surface area contributed by atoms with E-state index < -0.39 is 0 Å². The standard InChI is InChI=1S/C21H34N4O/c1-17-7-5-6-8-18(17)19(23(2)3)20(26)22-15-21(9-10-21)16-25-13-11-24(4)12-14-25/h5-8,19H,9-16H2,1-4H3,(H,22,26)/t19-/m1/s1. The van der Waals surface area contributed by atoms with Gasteiger partial charge in [0.1, 0.15) is 6.04 Å². The Bertz CT molecular complexity index is 618. The maximum Gasteiger partial charge on any atom is 0.241 e. The number of piperazine rings is 1. The van der Waals surface area contributed by atoms with Gasteiger partial charge in [0, 0.05) is 44.7 Å². The van der Waals surface area contributed by atoms with E-state index in [0.29, 0.717) is 5.41 Å². The molecule has 0 radical (unpaired) electrons. The van der Waals surface area contributed by atoms with Crippen LogP contribution in [0.4, 0.5) is 0 Å². The molecule has 5 heteroatoms. The van der Waals surface area contributed by atoms with Crippen molar-refractivity contribution in [2.24, 2.45) is 5.41 Å². The van der Waals surface area contributed by atoms with Crippen molar-refractivity contribution < 1.29 is 4.79 Å². The minimum absolute atomic E-state index is 0.119. The van der Waals surface area contributed by atoms with E-state index in [1.807, 2.05) is 31.1 Å². The lowest BCUT2D eigenvalue weighted by Gasteiger charge is -2.35. The Balaban J connectivity index is 1.57. The fourth-order valence-corrected chi connectivity index (χ4v) is 3.97. The van der Waals surface area contributed by atoms with E-state index in [0.717, 1.165) is 44.8 Å². The maximum absolute atomic E-state index is 13.0. The first-order chi connectivity index (χ1) is 12.4. The summed E-state index contributed by atoms with van der Waals surface area (Å²) in [5.74, 6) is 0.119. The van der Waals surface area contributed by atoms with E-state index in [9.17, 15) is 4.79 Å². The van der Waals surface area contributed by atoms with Crippen LogP contribution in [0, 0.1) is 12.3 Å². The van der Waals surface area contributed by atoms with Crippen LogP contribution in [-0.4, -0.2) is 81.0 Å². The molecule has 2 fully saturated rings. The van der Waals surface area contributed by atoms with Crippen LogP contribution < -0.4 is 5.32 Å². The molecule has 1 aromatic rings. The Morgan fingerprint density at radius 3 is 2.42 bits per heavy atom. The third-order valence-corrected chi connectivity index (χ3v) is 6.00. The number of rotatable bonds is 7. The molecule has 1 heterocycles. The fourth-order valence-electron chi connectivity index (χ4n) is 3.97. The number of nitrogens with one attached hydrogen (secondary N) is 1. The maximum atomic E-state index is 13.0. The second-order valence-electron chi connectivity index (χ2n) is 8.52. The van der Waals surface area contributed by atoms with Gasteiger partial charge in [-0.15, -0.1) is 0 Å². The number of amides is 1. The highest BCUT2D eigenvalue weighted by molar-refractivity contribution is 5.83. The molecule has 1 aliphatic heterocycles. The van der Waals surface area contributed by atoms with Gasteiger partial charge in [0.05, 0.1) is 0 Å². The molecule has 26 heavy (non-hydrogen) atoms. The Kier molecular flexibility index (Phi) is 6.00. The van der Waals surface area contributed by atoms with Gasteiger partial charge in [-0.2, -0.15) is 0 Å². The minimum atomic E-state index is -0.226. The smallest absolute Gasteiger partial charge is 0.241 e. The Morgan fingerprint density at radius 1 is 1.19 bits per heavy atom. The summed E-state index contributed by atoms with van der Waals surface area (Å²) in [6.45, 7) is 8.60. The second-order valence-corrected chi connectivity index (χ2v) is 8.52. The summed E-state index contributed by atoms with van der Waals surface area (Å²) in [4.78, 5) is 19.9. The van der Waals surface area contributed by atoms with Gasteiger partial charge < -0.3 is 15.1 Å². The number of carbonyl (C=O) groups excluding carboxylic acids is 1. The second kappa shape index (κ2) is 8.07. The number of aryl methyl sites for hydroxylation is 1. The van der Waals surface area contributed by atoms with Gasteiger partial charge >= 0.3 is 0 Å². The zero-order valence-electron chi connectivity index (χ0n) is 16.8. The first-order valence-corrected chi connectivity index (χ1v) is 9.81. The number of nitrogens with zero attached hydrogens (tertiary/aromatic N) is 3. The van der Waals surface area contributed by atoms with Crippen LogP contribution >= 0.6 is 0 Å². The molecular weight excluding hydrogens is 324 g/mol. The molecule has 3 rings (SSSR count). The number of likely N-dealkylation sites (N-methyl/N-ethyl adjacent to an activating group) is 2. The van der Waals surface area contributed by atoms with E-state index in [1.165, 1.54) is 18.4 Å². The molecule has 1 N–H and O–H groups in total. The van der Waals surface area contributed by atoms with Gasteiger partial charge in [-0.05, 0) is 52.0 Å². The highest BCUT2D eigenvalue weighted by atomic mass is 16.2. The first kappa shape index (κ1) is 19.3. The molecule has 5 nitrogen and oxygen atoms in total. The van der Waals surface area contributed by atoms with E-state index in [1.54, 1.807) is 0 Å². The molecule has 1 atom stereocenters. The van der Waals surface area contributed by atoms with Crippen LogP contribution in [0.3, 0.4) is 0 Å². The predicted octanol–water partition coefficient (Wildman–Crippen LogP) is 1.74. The van der Waals surface area contributed by atoms with Crippen LogP contribution in [0.2, 0.25) is 0 Å². The third kappa shape index (κ3) is 4.64. The lowest BCUT2D eigenvalue weighted by molar-refractivity contribution is -0.126. The van der Waals surface area contributed by atoms with E-state index in [4.69, 9.17) is 0 Å². The fraction of sp³-hybridized carbons (Fsp3) is 0.667. The normalized spacial score (nSPS) is 21.6. The highest BCUT2D eigenvalue weighted by Crippen LogP contribution is 2.45. The molecule has 0 bridgehead atoms. The summed E-state index contributed by atoms with van der Waals surface area (Å²) in [7, 11) is 6.15. The van der Waals surface area contributed by atoms with Crippen molar-refractivity contribution in [3.63, 3.8) is 0 Å². The van der Waals surface area contributed by atoms with Crippen molar-refractivity contribution in [1.82, 2.24) is 20.0 Å². The Hall–Kier alpha value is -1.43. The van der Waals surface area contributed by atoms with Gasteiger partial charge in [-0.3, -0.25) is 9.69 Å². The molecule has 0 aromatic heterocycles. The molecule has 1 amide bonds. The Labute approximate surface area is 158 Å². The zero-order chi connectivity index (χ0) is 18.7. The van der Waals surface area contributed by atoms with Gasteiger partial charge in [0.25, 0.3) is 0 Å². The molecule has 1 saturated heterocycles. The van der Waals surface area contributed by atoms with Crippen LogP contribution in [-0.2, 0) is 4.79 Å². The topological polar surface area (TPSA) is 38.8 Å². The lowest BCUT2D eigenvalue weighted by atomic mass is 9.99. The number of hydrogen-bond acceptors (Lipinski definition) is 4. The Morgan fingerprint density at radius 2 is 1.85 bits per heavy atom. The molecule has 1 aromatic carbocycles. The molecule has 1 aliphatic carbocycles. The average Bonchev–Trinajstić information content (AvgIpc) is 3.37. The third-order valence-electron chi connectivity index (χ3n) is 6.00. The molecule has 1 saturated carbocycles. The van der Waals surface area contributed by atoms with Gasteiger partial charge in [-0.1, -0.05) is 24.3 Å². The minimum Gasteiger partial charge on any atom is -0.354 e. The highest BCUT2D eigenvalue weighted by Gasteiger charge is 2.44. The number of benzene rings is 1. The molecule has 0 spiro atoms. The van der Waals surface area contributed by atoms with Crippen LogP contribution in [0.15, 0.2) is 24.3 Å². The van der Waals surface area contributed by atoms with E-state index in [-0.39, 0.29) is 11.9 Å². The van der Waals surface area contributed by atoms with Crippen LogP contribution in [0.25, 0.3) is 0 Å². The molecule has 144 valence electrons. The van der Waals surface area contributed by atoms with Crippen LogP contribution in [0.1, 0.15) is 30.0 Å². The summed E-state index contributed by atoms with van der Waals surface area (Å²) in [5, 5.41) is 3.27. The van der Waals surface area contributed by atoms with Gasteiger partial charge in [0.15, 0.2) is 0 Å². The van der Waals surface area contributed by atoms with Crippen molar-refractivity contribution in [3.05, 3.63) is 35.4 Å². The SMILES string of the molecule is Cc1ccccc1[C@H](C(=O)NCC1(CN2CCN(C)CC2)CC1)N(C)C. The lowest BCUT2D eigenvalue weighted by Crippen LogP contribution is -2.48. The van der Waals surface area contributed by atoms with Gasteiger partial charge in [-0.25, -0.2) is 0 Å². The monoisotopic (exact) mass is 358 g/mol. The first-order valence-electron chi connectivity index (χ1n) is 9.81. The van der Waals surface area contributed by atoms with E-state index >= 15 is 0 Å². The van der Waals surface area contributed by atoms with Crippen molar-refractivity contribution in [2.75, 3.05) is 60.4 Å². The quantitative estimate of drug-likeness (QED) is 0.806. The summed E-state index contributed by atoms with van der Waals surface area (Å²) in [6.07, 6.45) is 2.47. The molecule has 0 unspecified atom stereocenters. The van der Waals surface area contributed by atoms with Crippen molar-refractivity contribution >= 4 is 5.91 Å². The van der Waals surface area contributed by atoms with Crippen molar-refractivity contribution in [2.45, 2.75) is 25.8 Å². The largest absolute Gasteiger partial charge is 0.354 e. The average molecular weight is 359 g/mol. The van der Waals surface area contributed by atoms with Crippen molar-refractivity contribution in [3.8, 4) is 0 Å². The summed E-state index contributed by atoms with van der Waals surface area (Å²) < 4.78 is 0. The molecule has 2 aliphatic rings.